The molecule has 0 saturated carbocycles. The number of alkyl halides is 3. The van der Waals surface area contributed by atoms with Crippen molar-refractivity contribution in [2.45, 2.75) is 6.18 Å². The molecule has 0 unspecified atom stereocenters. The molecule has 1 aromatic carbocycles. The average Bonchev–Trinajstić information content (AvgIpc) is 2.22. The van der Waals surface area contributed by atoms with E-state index in [0.29, 0.717) is 0 Å². The highest BCUT2D eigenvalue weighted by Gasteiger charge is 2.30. The molecule has 0 bridgehead atoms. The Morgan fingerprint density at radius 2 is 2.00 bits per heavy atom. The molecule has 0 amide bonds. The van der Waals surface area contributed by atoms with Gasteiger partial charge in [0.1, 0.15) is 0 Å². The summed E-state index contributed by atoms with van der Waals surface area (Å²) >= 11 is 0. The highest BCUT2D eigenvalue weighted by atomic mass is 32.2. The van der Waals surface area contributed by atoms with Gasteiger partial charge in [0.15, 0.2) is 0 Å². The van der Waals surface area contributed by atoms with Crippen molar-refractivity contribution in [3.8, 4) is 11.8 Å². The fourth-order valence-corrected chi connectivity index (χ4v) is 1.42. The summed E-state index contributed by atoms with van der Waals surface area (Å²) < 4.78 is 60.6. The number of rotatable bonds is 2. The minimum Gasteiger partial charge on any atom is -0.213 e. The minimum atomic E-state index is -4.41. The fraction of sp³-hybridized carbons (Fsp3) is 0.273. The summed E-state index contributed by atoms with van der Waals surface area (Å²) in [6.45, 7) is -0.144. The molecule has 3 nitrogen and oxygen atoms in total. The molecule has 0 aliphatic heterocycles. The number of nitrogens with one attached hydrogen (secondary N) is 1. The van der Waals surface area contributed by atoms with Gasteiger partial charge in [-0.3, -0.25) is 0 Å². The monoisotopic (exact) mass is 277 g/mol. The van der Waals surface area contributed by atoms with E-state index in [1.54, 1.807) is 0 Å². The maximum Gasteiger partial charge on any atom is 0.416 e. The van der Waals surface area contributed by atoms with Gasteiger partial charge in [0.05, 0.1) is 18.4 Å². The van der Waals surface area contributed by atoms with Crippen molar-refractivity contribution in [1.29, 1.82) is 0 Å². The van der Waals surface area contributed by atoms with Crippen LogP contribution in [0.15, 0.2) is 24.3 Å². The molecule has 0 fully saturated rings. The normalized spacial score (nSPS) is 11.8. The van der Waals surface area contributed by atoms with Gasteiger partial charge in [-0.1, -0.05) is 17.9 Å². The highest BCUT2D eigenvalue weighted by molar-refractivity contribution is 7.88. The van der Waals surface area contributed by atoms with E-state index >= 15 is 0 Å². The SMILES string of the molecule is CS(=O)(=O)NCC#Cc1cccc(C(F)(F)F)c1. The van der Waals surface area contributed by atoms with Crippen LogP contribution < -0.4 is 4.72 Å². The van der Waals surface area contributed by atoms with Crippen molar-refractivity contribution in [3.05, 3.63) is 35.4 Å². The Kier molecular flexibility index (Phi) is 4.38. The molecule has 0 aromatic heterocycles. The quantitative estimate of drug-likeness (QED) is 0.835. The molecule has 98 valence electrons. The molecule has 7 heteroatoms. The summed E-state index contributed by atoms with van der Waals surface area (Å²) in [6.07, 6.45) is -3.44. The molecule has 0 saturated heterocycles. The molecule has 0 aliphatic carbocycles. The maximum atomic E-state index is 12.4. The molecule has 1 aromatic rings. The van der Waals surface area contributed by atoms with Crippen LogP contribution in [0.5, 0.6) is 0 Å². The zero-order valence-electron chi connectivity index (χ0n) is 9.38. The van der Waals surface area contributed by atoms with Crippen molar-refractivity contribution in [1.82, 2.24) is 4.72 Å². The first-order chi connectivity index (χ1) is 8.18. The van der Waals surface area contributed by atoms with Crippen LogP contribution in [0.4, 0.5) is 13.2 Å². The topological polar surface area (TPSA) is 46.2 Å². The smallest absolute Gasteiger partial charge is 0.213 e. The zero-order chi connectivity index (χ0) is 13.8. The van der Waals surface area contributed by atoms with Gasteiger partial charge in [0.25, 0.3) is 0 Å². The molecular weight excluding hydrogens is 267 g/mol. The molecule has 0 spiro atoms. The lowest BCUT2D eigenvalue weighted by molar-refractivity contribution is -0.137. The lowest BCUT2D eigenvalue weighted by Crippen LogP contribution is -2.21. The maximum absolute atomic E-state index is 12.4. The van der Waals surface area contributed by atoms with E-state index in [-0.39, 0.29) is 12.1 Å². The first-order valence-corrected chi connectivity index (χ1v) is 6.68. The number of hydrogen-bond acceptors (Lipinski definition) is 2. The first kappa shape index (κ1) is 14.5. The van der Waals surface area contributed by atoms with Crippen molar-refractivity contribution >= 4 is 10.0 Å². The van der Waals surface area contributed by atoms with Gasteiger partial charge in [-0.2, -0.15) is 13.2 Å². The van der Waals surface area contributed by atoms with Crippen LogP contribution in [0.2, 0.25) is 0 Å². The summed E-state index contributed by atoms with van der Waals surface area (Å²) in [6, 6.07) is 4.52. The standard InChI is InChI=1S/C11H10F3NO2S/c1-18(16,17)15-7-3-5-9-4-2-6-10(8-9)11(12,13)14/h2,4,6,8,15H,7H2,1H3. The zero-order valence-corrected chi connectivity index (χ0v) is 10.2. The summed E-state index contributed by atoms with van der Waals surface area (Å²) in [5.41, 5.74) is -0.606. The van der Waals surface area contributed by atoms with E-state index in [1.165, 1.54) is 12.1 Å². The highest BCUT2D eigenvalue weighted by Crippen LogP contribution is 2.29. The van der Waals surface area contributed by atoms with Crippen LogP contribution in [-0.4, -0.2) is 21.2 Å². The molecule has 0 heterocycles. The van der Waals surface area contributed by atoms with Crippen LogP contribution in [0.25, 0.3) is 0 Å². The number of halogens is 3. The molecule has 1 N–H and O–H groups in total. The Morgan fingerprint density at radius 3 is 2.56 bits per heavy atom. The molecule has 0 aliphatic rings. The van der Waals surface area contributed by atoms with E-state index in [4.69, 9.17) is 0 Å². The van der Waals surface area contributed by atoms with E-state index < -0.39 is 21.8 Å². The average molecular weight is 277 g/mol. The molecule has 1 rings (SSSR count). The fourth-order valence-electron chi connectivity index (χ4n) is 1.09. The van der Waals surface area contributed by atoms with Crippen molar-refractivity contribution in [3.63, 3.8) is 0 Å². The number of benzene rings is 1. The summed E-state index contributed by atoms with van der Waals surface area (Å²) in [7, 11) is -3.34. The first-order valence-electron chi connectivity index (χ1n) is 4.79. The van der Waals surface area contributed by atoms with Crippen molar-refractivity contribution < 1.29 is 21.6 Å². The predicted octanol–water partition coefficient (Wildman–Crippen LogP) is 1.61. The summed E-state index contributed by atoms with van der Waals surface area (Å²) in [4.78, 5) is 0. The van der Waals surface area contributed by atoms with Crippen molar-refractivity contribution in [2.75, 3.05) is 12.8 Å². The summed E-state index contributed by atoms with van der Waals surface area (Å²) in [5, 5.41) is 0. The minimum absolute atomic E-state index is 0.144. The third-order valence-electron chi connectivity index (χ3n) is 1.85. The van der Waals surface area contributed by atoms with Gasteiger partial charge in [0, 0.05) is 5.56 Å². The van der Waals surface area contributed by atoms with Gasteiger partial charge in [0.2, 0.25) is 10.0 Å². The van der Waals surface area contributed by atoms with Crippen LogP contribution in [-0.2, 0) is 16.2 Å². The largest absolute Gasteiger partial charge is 0.416 e. The molecular formula is C11H10F3NO2S. The van der Waals surface area contributed by atoms with Gasteiger partial charge in [-0.15, -0.1) is 0 Å². The molecule has 18 heavy (non-hydrogen) atoms. The van der Waals surface area contributed by atoms with Crippen LogP contribution in [0.1, 0.15) is 11.1 Å². The Balaban J connectivity index is 2.78. The summed E-state index contributed by atoms with van der Waals surface area (Å²) in [5.74, 6) is 4.88. The number of sulfonamides is 1. The predicted molar refractivity (Wildman–Crippen MR) is 61.2 cm³/mol. The van der Waals surface area contributed by atoms with Gasteiger partial charge >= 0.3 is 6.18 Å². The third kappa shape index (κ3) is 5.21. The van der Waals surface area contributed by atoms with E-state index in [0.717, 1.165) is 18.4 Å². The number of hydrogen-bond donors (Lipinski definition) is 1. The third-order valence-corrected chi connectivity index (χ3v) is 2.51. The Labute approximate surface area is 103 Å². The van der Waals surface area contributed by atoms with Gasteiger partial charge in [-0.05, 0) is 18.2 Å². The van der Waals surface area contributed by atoms with Crippen LogP contribution in [0.3, 0.4) is 0 Å². The lowest BCUT2D eigenvalue weighted by atomic mass is 10.1. The van der Waals surface area contributed by atoms with E-state index in [1.807, 2.05) is 0 Å². The van der Waals surface area contributed by atoms with E-state index in [2.05, 4.69) is 16.6 Å². The van der Waals surface area contributed by atoms with Crippen molar-refractivity contribution in [2.24, 2.45) is 0 Å². The Morgan fingerprint density at radius 1 is 1.33 bits per heavy atom. The Hall–Kier alpha value is -1.52. The second-order valence-electron chi connectivity index (χ2n) is 3.47. The van der Waals surface area contributed by atoms with Crippen LogP contribution >= 0.6 is 0 Å². The Bertz CT molecular complexity index is 582. The van der Waals surface area contributed by atoms with Gasteiger partial charge < -0.3 is 0 Å². The molecule has 0 atom stereocenters. The molecule has 0 radical (unpaired) electrons. The second-order valence-corrected chi connectivity index (χ2v) is 5.31. The van der Waals surface area contributed by atoms with Crippen LogP contribution in [0, 0.1) is 11.8 Å². The lowest BCUT2D eigenvalue weighted by Gasteiger charge is -2.05. The van der Waals surface area contributed by atoms with E-state index in [9.17, 15) is 21.6 Å². The second kappa shape index (κ2) is 5.42. The van der Waals surface area contributed by atoms with Gasteiger partial charge in [-0.25, -0.2) is 13.1 Å².